The number of benzene rings is 1. The van der Waals surface area contributed by atoms with Gasteiger partial charge in [0.25, 0.3) is 0 Å². The van der Waals surface area contributed by atoms with E-state index in [-0.39, 0.29) is 0 Å². The Morgan fingerprint density at radius 1 is 1.32 bits per heavy atom. The highest BCUT2D eigenvalue weighted by Gasteiger charge is 2.30. The summed E-state index contributed by atoms with van der Waals surface area (Å²) in [5, 5.41) is 15.4. The predicted molar refractivity (Wildman–Crippen MR) is 82.3 cm³/mol. The Balaban J connectivity index is 1.66. The molecule has 2 aromatic heterocycles. The Morgan fingerprint density at radius 3 is 3.05 bits per heavy atom. The minimum atomic E-state index is 0.425. The zero-order chi connectivity index (χ0) is 15.1. The molecule has 0 radical (unpaired) electrons. The van der Waals surface area contributed by atoms with Gasteiger partial charge in [-0.3, -0.25) is 10.00 Å². The first-order chi connectivity index (χ1) is 10.7. The molecule has 114 valence electrons. The van der Waals surface area contributed by atoms with Crippen LogP contribution in [0.4, 0.5) is 0 Å². The molecule has 6 nitrogen and oxygen atoms in total. The van der Waals surface area contributed by atoms with Gasteiger partial charge >= 0.3 is 0 Å². The molecule has 1 saturated heterocycles. The number of hydrogen-bond acceptors (Lipinski definition) is 5. The van der Waals surface area contributed by atoms with Gasteiger partial charge in [0.1, 0.15) is 11.0 Å². The lowest BCUT2D eigenvalue weighted by Gasteiger charge is -2.25. The fourth-order valence-electron chi connectivity index (χ4n) is 3.60. The van der Waals surface area contributed by atoms with Crippen molar-refractivity contribution in [3.8, 4) is 0 Å². The number of aryl methyl sites for hydroxylation is 2. The topological polar surface area (TPSA) is 70.8 Å². The van der Waals surface area contributed by atoms with Crippen LogP contribution in [-0.4, -0.2) is 32.0 Å². The number of hydrogen-bond donors (Lipinski definition) is 1. The zero-order valence-electron chi connectivity index (χ0n) is 12.8. The molecule has 1 aliphatic rings. The van der Waals surface area contributed by atoms with Gasteiger partial charge in [-0.1, -0.05) is 12.1 Å². The molecule has 1 N–H and O–H groups in total. The molecule has 1 atom stereocenters. The minimum absolute atomic E-state index is 0.425. The average molecular weight is 297 g/mol. The van der Waals surface area contributed by atoms with E-state index in [0.29, 0.717) is 6.04 Å². The third-order valence-corrected chi connectivity index (χ3v) is 4.62. The van der Waals surface area contributed by atoms with Crippen LogP contribution in [0.15, 0.2) is 22.8 Å². The molecule has 0 unspecified atom stereocenters. The van der Waals surface area contributed by atoms with Crippen LogP contribution in [0.25, 0.3) is 11.0 Å². The zero-order valence-corrected chi connectivity index (χ0v) is 12.8. The molecule has 3 heterocycles. The summed E-state index contributed by atoms with van der Waals surface area (Å²) in [6.07, 6.45) is 2.38. The molecule has 0 amide bonds. The smallest absolute Gasteiger partial charge is 0.139 e. The van der Waals surface area contributed by atoms with Gasteiger partial charge in [-0.2, -0.15) is 5.10 Å². The second kappa shape index (κ2) is 5.21. The fourth-order valence-corrected chi connectivity index (χ4v) is 3.60. The van der Waals surface area contributed by atoms with Crippen LogP contribution in [0, 0.1) is 13.8 Å². The highest BCUT2D eigenvalue weighted by Crippen LogP contribution is 2.36. The quantitative estimate of drug-likeness (QED) is 0.805. The van der Waals surface area contributed by atoms with Gasteiger partial charge < -0.3 is 0 Å². The van der Waals surface area contributed by atoms with E-state index in [2.05, 4.69) is 45.3 Å². The van der Waals surface area contributed by atoms with Crippen molar-refractivity contribution < 1.29 is 4.63 Å². The third-order valence-electron chi connectivity index (χ3n) is 4.62. The van der Waals surface area contributed by atoms with E-state index in [1.165, 1.54) is 29.7 Å². The van der Waals surface area contributed by atoms with Gasteiger partial charge in [-0.05, 0) is 55.2 Å². The Labute approximate surface area is 128 Å². The Morgan fingerprint density at radius 2 is 2.23 bits per heavy atom. The van der Waals surface area contributed by atoms with Crippen LogP contribution in [-0.2, 0) is 6.54 Å². The van der Waals surface area contributed by atoms with Crippen LogP contribution >= 0.6 is 0 Å². The second-order valence-corrected chi connectivity index (χ2v) is 6.03. The fraction of sp³-hybridized carbons (Fsp3) is 0.438. The summed E-state index contributed by atoms with van der Waals surface area (Å²) >= 11 is 0. The number of H-pyrrole nitrogens is 1. The molecule has 0 saturated carbocycles. The maximum atomic E-state index is 4.87. The molecule has 6 heteroatoms. The molecular formula is C16H19N5O. The lowest BCUT2D eigenvalue weighted by atomic mass is 10.0. The number of nitrogens with one attached hydrogen (secondary N) is 1. The van der Waals surface area contributed by atoms with E-state index in [4.69, 9.17) is 4.63 Å². The molecular weight excluding hydrogens is 278 g/mol. The molecule has 3 aromatic rings. The Kier molecular flexibility index (Phi) is 3.18. The van der Waals surface area contributed by atoms with E-state index in [1.807, 2.05) is 12.1 Å². The van der Waals surface area contributed by atoms with Gasteiger partial charge in [0.15, 0.2) is 0 Å². The van der Waals surface area contributed by atoms with E-state index in [9.17, 15) is 0 Å². The summed E-state index contributed by atoms with van der Waals surface area (Å²) in [6, 6.07) is 6.48. The van der Waals surface area contributed by atoms with Crippen molar-refractivity contribution in [1.29, 1.82) is 0 Å². The number of aromatic nitrogens is 4. The van der Waals surface area contributed by atoms with Gasteiger partial charge in [0.2, 0.25) is 0 Å². The molecule has 1 fully saturated rings. The van der Waals surface area contributed by atoms with Gasteiger partial charge in [0, 0.05) is 23.8 Å². The third kappa shape index (κ3) is 2.11. The predicted octanol–water partition coefficient (Wildman–Crippen LogP) is 2.90. The van der Waals surface area contributed by atoms with Crippen LogP contribution in [0.3, 0.4) is 0 Å². The number of nitrogens with zero attached hydrogens (tertiary/aromatic N) is 4. The van der Waals surface area contributed by atoms with E-state index in [1.54, 1.807) is 0 Å². The van der Waals surface area contributed by atoms with Crippen LogP contribution < -0.4 is 0 Å². The molecule has 22 heavy (non-hydrogen) atoms. The van der Waals surface area contributed by atoms with Gasteiger partial charge in [-0.25, -0.2) is 4.63 Å². The normalized spacial score (nSPS) is 19.3. The van der Waals surface area contributed by atoms with Crippen molar-refractivity contribution in [2.24, 2.45) is 0 Å². The summed E-state index contributed by atoms with van der Waals surface area (Å²) in [5.41, 5.74) is 6.50. The SMILES string of the molecule is Cc1n[nH]c(C)c1[C@@H]1CCCN1Cc1cccc2nonc12. The van der Waals surface area contributed by atoms with Gasteiger partial charge in [0.05, 0.1) is 5.69 Å². The number of rotatable bonds is 3. The average Bonchev–Trinajstić information content (AvgIpc) is 3.21. The van der Waals surface area contributed by atoms with Crippen LogP contribution in [0.2, 0.25) is 0 Å². The first kappa shape index (κ1) is 13.5. The summed E-state index contributed by atoms with van der Waals surface area (Å²) in [5.74, 6) is 0. The molecule has 1 aliphatic heterocycles. The Bertz CT molecular complexity index is 786. The lowest BCUT2D eigenvalue weighted by Crippen LogP contribution is -2.23. The van der Waals surface area contributed by atoms with Crippen molar-refractivity contribution in [3.05, 3.63) is 40.7 Å². The van der Waals surface area contributed by atoms with Crippen molar-refractivity contribution in [3.63, 3.8) is 0 Å². The Hall–Kier alpha value is -2.21. The molecule has 4 rings (SSSR count). The first-order valence-electron chi connectivity index (χ1n) is 7.69. The standard InChI is InChI=1S/C16H19N5O/c1-10-15(11(2)18-17-10)14-7-4-8-21(14)9-12-5-3-6-13-16(12)20-22-19-13/h3,5-6,14H,4,7-9H2,1-2H3,(H,17,18)/t14-/m0/s1. The number of likely N-dealkylation sites (tertiary alicyclic amines) is 1. The van der Waals surface area contributed by atoms with Gasteiger partial charge in [-0.15, -0.1) is 0 Å². The lowest BCUT2D eigenvalue weighted by molar-refractivity contribution is 0.247. The molecule has 0 bridgehead atoms. The summed E-state index contributed by atoms with van der Waals surface area (Å²) in [4.78, 5) is 2.51. The van der Waals surface area contributed by atoms with Crippen molar-refractivity contribution in [2.75, 3.05) is 6.54 Å². The molecule has 1 aromatic carbocycles. The van der Waals surface area contributed by atoms with Crippen LogP contribution in [0.5, 0.6) is 0 Å². The van der Waals surface area contributed by atoms with Crippen molar-refractivity contribution in [1.82, 2.24) is 25.4 Å². The number of fused-ring (bicyclic) bond motifs is 1. The highest BCUT2D eigenvalue weighted by molar-refractivity contribution is 5.76. The highest BCUT2D eigenvalue weighted by atomic mass is 16.6. The first-order valence-corrected chi connectivity index (χ1v) is 7.69. The number of aromatic amines is 1. The van der Waals surface area contributed by atoms with Crippen LogP contribution in [0.1, 0.15) is 41.4 Å². The monoisotopic (exact) mass is 297 g/mol. The summed E-state index contributed by atoms with van der Waals surface area (Å²) in [6.45, 7) is 6.14. The summed E-state index contributed by atoms with van der Waals surface area (Å²) in [7, 11) is 0. The molecule has 0 aliphatic carbocycles. The summed E-state index contributed by atoms with van der Waals surface area (Å²) < 4.78 is 4.87. The second-order valence-electron chi connectivity index (χ2n) is 6.03. The van der Waals surface area contributed by atoms with E-state index < -0.39 is 0 Å². The van der Waals surface area contributed by atoms with Crippen molar-refractivity contribution >= 4 is 11.0 Å². The molecule has 0 spiro atoms. The maximum absolute atomic E-state index is 4.87. The largest absolute Gasteiger partial charge is 0.292 e. The van der Waals surface area contributed by atoms with E-state index in [0.717, 1.165) is 29.8 Å². The van der Waals surface area contributed by atoms with E-state index >= 15 is 0 Å². The minimum Gasteiger partial charge on any atom is -0.292 e. The van der Waals surface area contributed by atoms with Crippen molar-refractivity contribution in [2.45, 2.75) is 39.3 Å². The maximum Gasteiger partial charge on any atom is 0.139 e.